The van der Waals surface area contributed by atoms with Crippen LogP contribution in [0.1, 0.15) is 5.56 Å². The van der Waals surface area contributed by atoms with E-state index in [4.69, 9.17) is 17.3 Å². The summed E-state index contributed by atoms with van der Waals surface area (Å²) in [6.07, 6.45) is 0. The van der Waals surface area contributed by atoms with E-state index in [9.17, 15) is 12.8 Å². The van der Waals surface area contributed by atoms with E-state index in [1.54, 1.807) is 6.07 Å². The first-order chi connectivity index (χ1) is 9.29. The summed E-state index contributed by atoms with van der Waals surface area (Å²) in [4.78, 5) is -0.0359. The van der Waals surface area contributed by atoms with Gasteiger partial charge in [-0.2, -0.15) is 0 Å². The second-order valence-electron chi connectivity index (χ2n) is 4.18. The van der Waals surface area contributed by atoms with E-state index in [2.05, 4.69) is 15.9 Å². The quantitative estimate of drug-likeness (QED) is 0.827. The van der Waals surface area contributed by atoms with E-state index in [0.717, 1.165) is 6.07 Å². The molecule has 0 aliphatic rings. The number of sulfone groups is 1. The van der Waals surface area contributed by atoms with Crippen molar-refractivity contribution in [3.05, 3.63) is 57.3 Å². The molecule has 0 fully saturated rings. The second-order valence-corrected chi connectivity index (χ2v) is 7.49. The van der Waals surface area contributed by atoms with Crippen molar-refractivity contribution in [3.63, 3.8) is 0 Å². The van der Waals surface area contributed by atoms with Gasteiger partial charge in [0.25, 0.3) is 0 Å². The summed E-state index contributed by atoms with van der Waals surface area (Å²) in [5.41, 5.74) is 5.81. The largest absolute Gasteiger partial charge is 0.398 e. The van der Waals surface area contributed by atoms with Gasteiger partial charge in [-0.25, -0.2) is 12.8 Å². The Balaban J connectivity index is 2.46. The molecule has 0 saturated carbocycles. The first-order valence-corrected chi connectivity index (χ1v) is 8.33. The van der Waals surface area contributed by atoms with Crippen LogP contribution in [0, 0.1) is 5.82 Å². The van der Waals surface area contributed by atoms with Crippen LogP contribution in [-0.2, 0) is 15.6 Å². The number of nitrogen functional groups attached to an aromatic ring is 1. The topological polar surface area (TPSA) is 60.2 Å². The standard InChI is InChI=1S/C13H10BrClFNO2S/c14-9-1-4-12(17)13(6-9)20(18,19)7-8-5-10(15)2-3-11(8)16/h1-6H,7,17H2. The molecular weight excluding hydrogens is 369 g/mol. The lowest BCUT2D eigenvalue weighted by Gasteiger charge is -2.09. The lowest BCUT2D eigenvalue weighted by molar-refractivity contribution is 0.587. The summed E-state index contributed by atoms with van der Waals surface area (Å²) in [6, 6.07) is 8.30. The van der Waals surface area contributed by atoms with Gasteiger partial charge in [0.05, 0.1) is 16.3 Å². The highest BCUT2D eigenvalue weighted by atomic mass is 79.9. The van der Waals surface area contributed by atoms with Crippen molar-refractivity contribution in [1.29, 1.82) is 0 Å². The molecule has 2 rings (SSSR count). The van der Waals surface area contributed by atoms with Crippen LogP contribution in [0.15, 0.2) is 45.8 Å². The molecule has 0 amide bonds. The number of benzene rings is 2. The Morgan fingerprint density at radius 3 is 2.60 bits per heavy atom. The van der Waals surface area contributed by atoms with E-state index < -0.39 is 21.4 Å². The third-order valence-corrected chi connectivity index (χ3v) is 5.11. The van der Waals surface area contributed by atoms with Crippen molar-refractivity contribution < 1.29 is 12.8 Å². The lowest BCUT2D eigenvalue weighted by Crippen LogP contribution is -2.09. The van der Waals surface area contributed by atoms with Crippen LogP contribution in [-0.4, -0.2) is 8.42 Å². The molecule has 0 radical (unpaired) electrons. The molecule has 0 heterocycles. The molecule has 3 nitrogen and oxygen atoms in total. The van der Waals surface area contributed by atoms with E-state index in [-0.39, 0.29) is 21.2 Å². The van der Waals surface area contributed by atoms with Gasteiger partial charge >= 0.3 is 0 Å². The average Bonchev–Trinajstić information content (AvgIpc) is 2.36. The van der Waals surface area contributed by atoms with Gasteiger partial charge in [-0.05, 0) is 36.4 Å². The van der Waals surface area contributed by atoms with Gasteiger partial charge in [-0.15, -0.1) is 0 Å². The van der Waals surface area contributed by atoms with E-state index in [1.807, 2.05) is 0 Å². The molecule has 0 spiro atoms. The van der Waals surface area contributed by atoms with Crippen LogP contribution < -0.4 is 5.73 Å². The van der Waals surface area contributed by atoms with Gasteiger partial charge in [0.2, 0.25) is 0 Å². The monoisotopic (exact) mass is 377 g/mol. The smallest absolute Gasteiger partial charge is 0.184 e. The zero-order chi connectivity index (χ0) is 14.9. The number of rotatable bonds is 3. The van der Waals surface area contributed by atoms with Crippen molar-refractivity contribution in [1.82, 2.24) is 0 Å². The predicted octanol–water partition coefficient (Wildman–Crippen LogP) is 3.80. The average molecular weight is 379 g/mol. The highest BCUT2D eigenvalue weighted by Gasteiger charge is 2.20. The normalized spacial score (nSPS) is 11.6. The molecule has 2 aromatic carbocycles. The molecule has 2 N–H and O–H groups in total. The lowest BCUT2D eigenvalue weighted by atomic mass is 10.2. The van der Waals surface area contributed by atoms with Crippen LogP contribution in [0.5, 0.6) is 0 Å². The molecule has 0 unspecified atom stereocenters. The minimum atomic E-state index is -3.76. The van der Waals surface area contributed by atoms with E-state index in [0.29, 0.717) is 4.47 Å². The molecule has 0 atom stereocenters. The first kappa shape index (κ1) is 15.3. The van der Waals surface area contributed by atoms with Crippen LogP contribution in [0.2, 0.25) is 5.02 Å². The number of halogens is 3. The third-order valence-electron chi connectivity index (χ3n) is 2.66. The Morgan fingerprint density at radius 2 is 1.90 bits per heavy atom. The van der Waals surface area contributed by atoms with E-state index in [1.165, 1.54) is 24.3 Å². The zero-order valence-corrected chi connectivity index (χ0v) is 13.3. The molecule has 7 heteroatoms. The maximum Gasteiger partial charge on any atom is 0.184 e. The molecular formula is C13H10BrClFNO2S. The van der Waals surface area contributed by atoms with Crippen LogP contribution in [0.4, 0.5) is 10.1 Å². The molecule has 0 aliphatic carbocycles. The van der Waals surface area contributed by atoms with Crippen molar-refractivity contribution in [3.8, 4) is 0 Å². The SMILES string of the molecule is Nc1ccc(Br)cc1S(=O)(=O)Cc1cc(Cl)ccc1F. The Morgan fingerprint density at radius 1 is 1.20 bits per heavy atom. The van der Waals surface area contributed by atoms with Gasteiger partial charge in [-0.3, -0.25) is 0 Å². The molecule has 0 aliphatic heterocycles. The molecule has 20 heavy (non-hydrogen) atoms. The van der Waals surface area contributed by atoms with Gasteiger partial charge in [0, 0.05) is 15.1 Å². The van der Waals surface area contributed by atoms with Crippen molar-refractivity contribution in [2.24, 2.45) is 0 Å². The summed E-state index contributed by atoms with van der Waals surface area (Å²) < 4.78 is 38.9. The van der Waals surface area contributed by atoms with Crippen LogP contribution >= 0.6 is 27.5 Å². The highest BCUT2D eigenvalue weighted by molar-refractivity contribution is 9.10. The van der Waals surface area contributed by atoms with Gasteiger partial charge in [-0.1, -0.05) is 27.5 Å². The van der Waals surface area contributed by atoms with E-state index >= 15 is 0 Å². The summed E-state index contributed by atoms with van der Waals surface area (Å²) in [5, 5.41) is 0.277. The Labute approximate surface area is 129 Å². The molecule has 0 saturated heterocycles. The maximum absolute atomic E-state index is 13.6. The molecule has 2 aromatic rings. The fourth-order valence-electron chi connectivity index (χ4n) is 1.71. The van der Waals surface area contributed by atoms with Crippen molar-refractivity contribution in [2.75, 3.05) is 5.73 Å². The fraction of sp³-hybridized carbons (Fsp3) is 0.0769. The number of anilines is 1. The molecule has 0 bridgehead atoms. The number of hydrogen-bond donors (Lipinski definition) is 1. The van der Waals surface area contributed by atoms with Crippen LogP contribution in [0.25, 0.3) is 0 Å². The minimum absolute atomic E-state index is 0.0110. The Hall–Kier alpha value is -1.11. The Kier molecular flexibility index (Phi) is 4.36. The van der Waals surface area contributed by atoms with Crippen molar-refractivity contribution in [2.45, 2.75) is 10.6 Å². The van der Waals surface area contributed by atoms with Gasteiger partial charge < -0.3 is 5.73 Å². The minimum Gasteiger partial charge on any atom is -0.398 e. The summed E-state index contributed by atoms with van der Waals surface area (Å²) in [7, 11) is -3.76. The highest BCUT2D eigenvalue weighted by Crippen LogP contribution is 2.27. The predicted molar refractivity (Wildman–Crippen MR) is 80.9 cm³/mol. The molecule has 106 valence electrons. The number of hydrogen-bond acceptors (Lipinski definition) is 3. The Bertz CT molecular complexity index is 765. The maximum atomic E-state index is 13.6. The first-order valence-electron chi connectivity index (χ1n) is 5.51. The van der Waals surface area contributed by atoms with Crippen LogP contribution in [0.3, 0.4) is 0 Å². The zero-order valence-electron chi connectivity index (χ0n) is 10.1. The molecule has 0 aromatic heterocycles. The second kappa shape index (κ2) is 5.71. The summed E-state index contributed by atoms with van der Waals surface area (Å²) in [6.45, 7) is 0. The summed E-state index contributed by atoms with van der Waals surface area (Å²) in [5.74, 6) is -1.12. The van der Waals surface area contributed by atoms with Gasteiger partial charge in [0.15, 0.2) is 9.84 Å². The fourth-order valence-corrected chi connectivity index (χ4v) is 3.94. The van der Waals surface area contributed by atoms with Crippen molar-refractivity contribution >= 4 is 43.1 Å². The summed E-state index contributed by atoms with van der Waals surface area (Å²) >= 11 is 8.94. The van der Waals surface area contributed by atoms with Gasteiger partial charge in [0.1, 0.15) is 5.82 Å². The number of nitrogens with two attached hydrogens (primary N) is 1. The third kappa shape index (κ3) is 3.31.